The molecule has 0 saturated carbocycles. The van der Waals surface area contributed by atoms with Crippen LogP contribution in [0.4, 0.5) is 0 Å². The first kappa shape index (κ1) is 6.46. The molecule has 0 bridgehead atoms. The lowest BCUT2D eigenvalue weighted by atomic mass is 10.4. The summed E-state index contributed by atoms with van der Waals surface area (Å²) in [4.78, 5) is 8.53. The number of aliphatic imine (C=N–C) groups is 1. The molecule has 0 spiro atoms. The second-order valence-electron chi connectivity index (χ2n) is 2.73. The molecule has 3 heteroatoms. The number of likely N-dealkylation sites (N-methyl/N-ethyl adjacent to an activating group) is 1. The van der Waals surface area contributed by atoms with Crippen LogP contribution in [0.15, 0.2) is 29.5 Å². The zero-order valence-electron chi connectivity index (χ0n) is 6.57. The Bertz CT molecular complexity index is 240. The minimum absolute atomic E-state index is 0.944. The Morgan fingerprint density at radius 3 is 3.09 bits per heavy atom. The predicted molar refractivity (Wildman–Crippen MR) is 45.1 cm³/mol. The number of hydrogen-bond acceptors (Lipinski definition) is 3. The van der Waals surface area contributed by atoms with Crippen LogP contribution in [0.1, 0.15) is 0 Å². The van der Waals surface area contributed by atoms with Crippen molar-refractivity contribution in [2.24, 2.45) is 4.99 Å². The van der Waals surface area contributed by atoms with Gasteiger partial charge in [-0.3, -0.25) is 0 Å². The highest BCUT2D eigenvalue weighted by atomic mass is 15.4. The molecular weight excluding hydrogens is 138 g/mol. The Kier molecular flexibility index (Phi) is 1.42. The smallest absolute Gasteiger partial charge is 0.205 e. The standard InChI is InChI=1S/C8H11N3/c1-10-5-3-7-11-6-2-4-9-8(10)11/h2-4,7H,5-6H2,1H3. The number of guanidine groups is 1. The van der Waals surface area contributed by atoms with E-state index in [2.05, 4.69) is 34.1 Å². The van der Waals surface area contributed by atoms with Crippen molar-refractivity contribution < 1.29 is 0 Å². The van der Waals surface area contributed by atoms with E-state index in [0.717, 1.165) is 19.0 Å². The van der Waals surface area contributed by atoms with Gasteiger partial charge in [-0.15, -0.1) is 0 Å². The van der Waals surface area contributed by atoms with Crippen LogP contribution in [0.3, 0.4) is 0 Å². The lowest BCUT2D eigenvalue weighted by Crippen LogP contribution is -2.43. The molecule has 0 aliphatic carbocycles. The predicted octanol–water partition coefficient (Wildman–Crippen LogP) is 0.631. The third kappa shape index (κ3) is 1.02. The highest BCUT2D eigenvalue weighted by molar-refractivity contribution is 5.83. The fourth-order valence-electron chi connectivity index (χ4n) is 1.30. The van der Waals surface area contributed by atoms with Crippen molar-refractivity contribution in [3.05, 3.63) is 24.6 Å². The maximum absolute atomic E-state index is 4.27. The van der Waals surface area contributed by atoms with E-state index in [1.807, 2.05) is 12.3 Å². The maximum Gasteiger partial charge on any atom is 0.205 e. The van der Waals surface area contributed by atoms with Crippen LogP contribution in [-0.2, 0) is 0 Å². The van der Waals surface area contributed by atoms with Crippen LogP contribution in [-0.4, -0.2) is 35.9 Å². The monoisotopic (exact) mass is 149 g/mol. The van der Waals surface area contributed by atoms with Crippen molar-refractivity contribution in [1.29, 1.82) is 0 Å². The lowest BCUT2D eigenvalue weighted by Gasteiger charge is -2.32. The Labute approximate surface area is 66.3 Å². The third-order valence-corrected chi connectivity index (χ3v) is 1.86. The zero-order valence-corrected chi connectivity index (χ0v) is 6.57. The van der Waals surface area contributed by atoms with Gasteiger partial charge in [-0.05, 0) is 12.2 Å². The average Bonchev–Trinajstić information content (AvgIpc) is 2.06. The first-order valence-corrected chi connectivity index (χ1v) is 3.75. The molecule has 0 atom stereocenters. The van der Waals surface area contributed by atoms with E-state index >= 15 is 0 Å². The summed E-state index contributed by atoms with van der Waals surface area (Å²) in [6, 6.07) is 0. The molecule has 2 aliphatic rings. The van der Waals surface area contributed by atoms with Crippen molar-refractivity contribution in [1.82, 2.24) is 9.80 Å². The van der Waals surface area contributed by atoms with Crippen LogP contribution in [0, 0.1) is 0 Å². The molecular formula is C8H11N3. The molecule has 0 radical (unpaired) electrons. The fourth-order valence-corrected chi connectivity index (χ4v) is 1.30. The second kappa shape index (κ2) is 2.42. The van der Waals surface area contributed by atoms with Crippen molar-refractivity contribution in [3.63, 3.8) is 0 Å². The average molecular weight is 149 g/mol. The molecule has 0 aromatic heterocycles. The summed E-state index contributed by atoms with van der Waals surface area (Å²) in [6.45, 7) is 1.91. The maximum atomic E-state index is 4.27. The van der Waals surface area contributed by atoms with Crippen molar-refractivity contribution in [3.8, 4) is 0 Å². The summed E-state index contributed by atoms with van der Waals surface area (Å²) in [5.74, 6) is 1.05. The van der Waals surface area contributed by atoms with Gasteiger partial charge in [-0.2, -0.15) is 0 Å². The minimum Gasteiger partial charge on any atom is -0.342 e. The van der Waals surface area contributed by atoms with Crippen LogP contribution < -0.4 is 0 Å². The van der Waals surface area contributed by atoms with Crippen molar-refractivity contribution in [2.75, 3.05) is 20.1 Å². The van der Waals surface area contributed by atoms with Gasteiger partial charge in [0, 0.05) is 32.5 Å². The SMILES string of the molecule is CN1CC=CN2CC=CN=C12. The van der Waals surface area contributed by atoms with Gasteiger partial charge in [0.2, 0.25) is 5.96 Å². The van der Waals surface area contributed by atoms with Crippen LogP contribution in [0.2, 0.25) is 0 Å². The molecule has 2 heterocycles. The van der Waals surface area contributed by atoms with E-state index in [1.54, 1.807) is 0 Å². The Morgan fingerprint density at radius 1 is 1.36 bits per heavy atom. The zero-order chi connectivity index (χ0) is 7.68. The first-order valence-electron chi connectivity index (χ1n) is 3.75. The molecule has 0 fully saturated rings. The Balaban J connectivity index is 2.30. The number of rotatable bonds is 0. The molecule has 0 aromatic rings. The largest absolute Gasteiger partial charge is 0.342 e. The molecule has 0 saturated heterocycles. The van der Waals surface area contributed by atoms with E-state index in [0.29, 0.717) is 0 Å². The fraction of sp³-hybridized carbons (Fsp3) is 0.375. The number of hydrogen-bond donors (Lipinski definition) is 0. The highest BCUT2D eigenvalue weighted by Crippen LogP contribution is 2.08. The molecule has 2 rings (SSSR count). The molecule has 2 aliphatic heterocycles. The molecule has 0 aromatic carbocycles. The Hall–Kier alpha value is -1.25. The third-order valence-electron chi connectivity index (χ3n) is 1.86. The van der Waals surface area contributed by atoms with E-state index < -0.39 is 0 Å². The summed E-state index contributed by atoms with van der Waals surface area (Å²) in [7, 11) is 2.05. The Morgan fingerprint density at radius 2 is 2.27 bits per heavy atom. The van der Waals surface area contributed by atoms with Crippen LogP contribution in [0.5, 0.6) is 0 Å². The van der Waals surface area contributed by atoms with E-state index in [9.17, 15) is 0 Å². The van der Waals surface area contributed by atoms with E-state index in [1.165, 1.54) is 0 Å². The van der Waals surface area contributed by atoms with Crippen molar-refractivity contribution in [2.45, 2.75) is 0 Å². The summed E-state index contributed by atoms with van der Waals surface area (Å²) < 4.78 is 0. The molecule has 0 N–H and O–H groups in total. The van der Waals surface area contributed by atoms with E-state index in [4.69, 9.17) is 0 Å². The summed E-state index contributed by atoms with van der Waals surface area (Å²) in [6.07, 6.45) is 8.13. The van der Waals surface area contributed by atoms with Gasteiger partial charge in [0.15, 0.2) is 0 Å². The van der Waals surface area contributed by atoms with Gasteiger partial charge in [0.05, 0.1) is 0 Å². The minimum atomic E-state index is 0.944. The van der Waals surface area contributed by atoms with Gasteiger partial charge in [0.1, 0.15) is 0 Å². The molecule has 0 amide bonds. The quantitative estimate of drug-likeness (QED) is 0.503. The number of fused-ring (bicyclic) bond motifs is 1. The first-order chi connectivity index (χ1) is 5.38. The lowest BCUT2D eigenvalue weighted by molar-refractivity contribution is 0.430. The molecule has 58 valence electrons. The van der Waals surface area contributed by atoms with Crippen LogP contribution >= 0.6 is 0 Å². The van der Waals surface area contributed by atoms with Gasteiger partial charge in [-0.1, -0.05) is 0 Å². The van der Waals surface area contributed by atoms with Gasteiger partial charge >= 0.3 is 0 Å². The molecule has 0 unspecified atom stereocenters. The van der Waals surface area contributed by atoms with E-state index in [-0.39, 0.29) is 0 Å². The van der Waals surface area contributed by atoms with Gasteiger partial charge in [-0.25, -0.2) is 4.99 Å². The molecule has 11 heavy (non-hydrogen) atoms. The summed E-state index contributed by atoms with van der Waals surface area (Å²) >= 11 is 0. The summed E-state index contributed by atoms with van der Waals surface area (Å²) in [5.41, 5.74) is 0. The van der Waals surface area contributed by atoms with Crippen LogP contribution in [0.25, 0.3) is 0 Å². The van der Waals surface area contributed by atoms with Gasteiger partial charge < -0.3 is 9.80 Å². The second-order valence-corrected chi connectivity index (χ2v) is 2.73. The highest BCUT2D eigenvalue weighted by Gasteiger charge is 2.16. The van der Waals surface area contributed by atoms with Crippen molar-refractivity contribution >= 4 is 5.96 Å². The topological polar surface area (TPSA) is 18.8 Å². The number of nitrogens with zero attached hydrogens (tertiary/aromatic N) is 3. The summed E-state index contributed by atoms with van der Waals surface area (Å²) in [5, 5.41) is 0. The normalized spacial score (nSPS) is 21.7. The molecule has 3 nitrogen and oxygen atoms in total. The van der Waals surface area contributed by atoms with Gasteiger partial charge in [0.25, 0.3) is 0 Å².